The molecule has 576 valence electrons. The summed E-state index contributed by atoms with van der Waals surface area (Å²) in [5, 5.41) is 10.2. The van der Waals surface area contributed by atoms with Gasteiger partial charge in [0.05, 0.1) is 27.5 Å². The second kappa shape index (κ2) is 29.2. The fourth-order valence-corrected chi connectivity index (χ4v) is 29.2. The van der Waals surface area contributed by atoms with Gasteiger partial charge in [-0.3, -0.25) is 0 Å². The molecule has 0 atom stereocenters. The third-order valence-corrected chi connectivity index (χ3v) is 35.2. The molecule has 4 nitrogen and oxygen atoms in total. The van der Waals surface area contributed by atoms with E-state index in [1.54, 1.807) is 0 Å². The molecule has 20 aromatic rings. The van der Waals surface area contributed by atoms with Crippen LogP contribution in [0, 0.1) is 0 Å². The molecule has 0 aliphatic rings. The van der Waals surface area contributed by atoms with E-state index in [0.717, 1.165) is 11.4 Å². The second-order valence-corrected chi connectivity index (χ2v) is 44.5. The fraction of sp³-hybridized carbons (Fsp3) is 0.150. The molecule has 0 saturated heterocycles. The van der Waals surface area contributed by atoms with Gasteiger partial charge in [0.25, 0.3) is 0 Å². The summed E-state index contributed by atoms with van der Waals surface area (Å²) in [6.45, 7) is 27.7. The zero-order valence-electron chi connectivity index (χ0n) is 69.7. The Balaban J connectivity index is 0.000000157. The Morgan fingerprint density at radius 1 is 0.161 bits per heavy atom. The molecule has 0 radical (unpaired) electrons. The monoisotopic (exact) mass is 1590 g/mol. The number of hydrogen-bond donors (Lipinski definition) is 0. The minimum Gasteiger partial charge on any atom is -0.309 e. The van der Waals surface area contributed by atoms with Crippen LogP contribution in [0.2, 0.25) is 0 Å². The number of aromatic nitrogens is 4. The van der Waals surface area contributed by atoms with Crippen molar-refractivity contribution in [2.45, 2.75) is 110 Å². The Kier molecular flexibility index (Phi) is 18.6. The van der Waals surface area contributed by atoms with Crippen LogP contribution in [0.15, 0.2) is 388 Å². The Hall–Kier alpha value is -12.7. The summed E-state index contributed by atoms with van der Waals surface area (Å²) in [6, 6.07) is 146. The third kappa shape index (κ3) is 12.7. The fourth-order valence-electron chi connectivity index (χ4n) is 19.1. The van der Waals surface area contributed by atoms with E-state index in [2.05, 4.69) is 490 Å². The quantitative estimate of drug-likeness (QED) is 0.0858. The summed E-state index contributed by atoms with van der Waals surface area (Å²) in [7, 11) is 0. The van der Waals surface area contributed by atoms with Crippen molar-refractivity contribution < 1.29 is 0 Å². The number of rotatable bonds is 12. The molecule has 20 rings (SSSR count). The molecule has 0 spiro atoms. The molecule has 5 heteroatoms. The van der Waals surface area contributed by atoms with Crippen LogP contribution < -0.4 is 17.6 Å². The van der Waals surface area contributed by atoms with E-state index in [1.165, 1.54) is 161 Å². The Morgan fingerprint density at radius 3 is 0.720 bits per heavy atom. The zero-order valence-corrected chi connectivity index (χ0v) is 71.8. The maximum absolute atomic E-state index is 3.49. The number of hydrogen-bond acceptors (Lipinski definition) is 0. The van der Waals surface area contributed by atoms with Crippen LogP contribution in [-0.4, -0.2) is 31.5 Å². The van der Waals surface area contributed by atoms with Gasteiger partial charge in [-0.2, -0.15) is 0 Å². The van der Waals surface area contributed by atoms with Gasteiger partial charge in [-0.25, -0.2) is 0 Å². The van der Waals surface area contributed by atoms with E-state index >= 15 is 0 Å². The maximum atomic E-state index is 2.50. The van der Waals surface area contributed by atoms with Crippen molar-refractivity contribution >= 4 is 118 Å². The van der Waals surface area contributed by atoms with Crippen LogP contribution in [0.4, 0.5) is 0 Å². The summed E-state index contributed by atoms with van der Waals surface area (Å²) in [5.41, 5.74) is 24.3. The molecule has 0 bridgehead atoms. The summed E-state index contributed by atoms with van der Waals surface area (Å²) in [4.78, 5) is 0. The second-order valence-electron chi connectivity index (χ2n) is 36.5. The number of benzene rings is 16. The van der Waals surface area contributed by atoms with E-state index < -0.39 is 18.7 Å². The summed E-state index contributed by atoms with van der Waals surface area (Å²) < 4.78 is 15.6. The van der Waals surface area contributed by atoms with E-state index in [9.17, 15) is 0 Å². The zero-order chi connectivity index (χ0) is 81.0. The van der Waals surface area contributed by atoms with Crippen LogP contribution in [0.1, 0.15) is 128 Å². The number of nitrogens with zero attached hydrogens (tertiary/aromatic N) is 4. The van der Waals surface area contributed by atoms with Gasteiger partial charge < -0.3 is 9.13 Å². The molecule has 16 aromatic carbocycles. The van der Waals surface area contributed by atoms with Gasteiger partial charge >= 0.3 is 289 Å². The molecule has 0 aliphatic heterocycles. The summed E-state index contributed by atoms with van der Waals surface area (Å²) >= 11 is -3.49. The standard InChI is InChI=1S/C57H50N2.C56H50GeN2/c1-55(2,3)42-29-32-52-48(36-42)49-37-43(56(4,5)6)30-33-53(49)59(52)46-31-34-54-50(38-46)47-27-16-17-28-51(47)58(54)45-26-18-25-44(35-45)57(39-19-10-7-11-20-39,40-21-12-8-13-22-40)41-23-14-9-15-24-41;1-55(2,3)39-29-32-52-48(35-39)49-36-40(56(4,5)6)30-33-53(49)59(52)46-31-34-54-50(38-46)47-27-16-17-28-51(47)58(54)45-26-18-25-44(37-45)57(41-19-10-7-11-20-41,42-21-12-8-13-22-42)43-23-14-9-15-24-43/h2*7-38H,1-6H3. The van der Waals surface area contributed by atoms with Crippen molar-refractivity contribution in [1.82, 2.24) is 18.3 Å². The van der Waals surface area contributed by atoms with Gasteiger partial charge in [0, 0.05) is 32.9 Å². The van der Waals surface area contributed by atoms with Gasteiger partial charge in [-0.1, -0.05) is 217 Å². The predicted octanol–water partition coefficient (Wildman–Crippen LogP) is 26.7. The molecule has 0 aliphatic carbocycles. The molecular weight excluding hydrogens is 1490 g/mol. The van der Waals surface area contributed by atoms with Crippen molar-refractivity contribution in [3.8, 4) is 22.7 Å². The number of fused-ring (bicyclic) bond motifs is 12. The molecule has 0 unspecified atom stereocenters. The SMILES string of the molecule is CC(C)(C)c1ccc2c(c1)c1cc(C(C)(C)C)ccc1n2-c1ccc2c(c1)c1ccccc1n2-c1ccc[c]([Ge]([c]2ccccc2)([c]2ccccc2)[c]2ccccc2)c1.CC(C)(C)c1ccc2c(c1)c1cc(C(C)(C)C)ccc1n2-c1ccc2c(c1)c1ccccc1n2-c1cccc(C(c2ccccc2)(c2ccccc2)c2ccccc2)c1. The third-order valence-electron chi connectivity index (χ3n) is 25.1. The van der Waals surface area contributed by atoms with Crippen molar-refractivity contribution in [1.29, 1.82) is 0 Å². The number of para-hydroxylation sites is 2. The van der Waals surface area contributed by atoms with E-state index in [0.29, 0.717) is 0 Å². The van der Waals surface area contributed by atoms with E-state index in [-0.39, 0.29) is 21.7 Å². The minimum atomic E-state index is -3.49. The smallest absolute Gasteiger partial charge is 0.0702 e. The topological polar surface area (TPSA) is 19.7 Å². The van der Waals surface area contributed by atoms with Crippen LogP contribution in [0.25, 0.3) is 110 Å². The Labute approximate surface area is 697 Å². The van der Waals surface area contributed by atoms with Crippen LogP contribution in [-0.2, 0) is 27.1 Å². The average molecular weight is 1590 g/mol. The first-order chi connectivity index (χ1) is 57.1. The maximum Gasteiger partial charge on any atom is 0.0702 e. The molecule has 118 heavy (non-hydrogen) atoms. The van der Waals surface area contributed by atoms with Crippen LogP contribution >= 0.6 is 0 Å². The molecule has 4 aromatic heterocycles. The Bertz CT molecular complexity index is 6410. The first kappa shape index (κ1) is 75.3. The van der Waals surface area contributed by atoms with Crippen LogP contribution in [0.3, 0.4) is 0 Å². The largest absolute Gasteiger partial charge is 0.309 e. The molecule has 0 N–H and O–H groups in total. The van der Waals surface area contributed by atoms with Crippen molar-refractivity contribution in [3.63, 3.8) is 0 Å². The minimum absolute atomic E-state index is 0.0469. The van der Waals surface area contributed by atoms with Gasteiger partial charge in [-0.15, -0.1) is 0 Å². The molecule has 0 amide bonds. The van der Waals surface area contributed by atoms with Crippen molar-refractivity contribution in [3.05, 3.63) is 433 Å². The predicted molar refractivity (Wildman–Crippen MR) is 507 cm³/mol. The summed E-state index contributed by atoms with van der Waals surface area (Å²) in [5.74, 6) is 0. The van der Waals surface area contributed by atoms with Crippen LogP contribution in [0.5, 0.6) is 0 Å². The van der Waals surface area contributed by atoms with Gasteiger partial charge in [0.15, 0.2) is 0 Å². The normalized spacial score (nSPS) is 12.6. The Morgan fingerprint density at radius 2 is 0.398 bits per heavy atom. The van der Waals surface area contributed by atoms with Gasteiger partial charge in [-0.05, 0) is 127 Å². The average Bonchev–Trinajstić information content (AvgIpc) is 1.40. The first-order valence-electron chi connectivity index (χ1n) is 41.9. The van der Waals surface area contributed by atoms with Crippen molar-refractivity contribution in [2.24, 2.45) is 0 Å². The summed E-state index contributed by atoms with van der Waals surface area (Å²) in [6.07, 6.45) is 0. The molecule has 0 saturated carbocycles. The van der Waals surface area contributed by atoms with E-state index in [1.807, 2.05) is 0 Å². The molecule has 4 heterocycles. The van der Waals surface area contributed by atoms with E-state index in [4.69, 9.17) is 0 Å². The van der Waals surface area contributed by atoms with Gasteiger partial charge in [0.1, 0.15) is 0 Å². The van der Waals surface area contributed by atoms with Crippen molar-refractivity contribution in [2.75, 3.05) is 0 Å². The molecule has 0 fully saturated rings. The van der Waals surface area contributed by atoms with Gasteiger partial charge in [0.2, 0.25) is 0 Å². The first-order valence-corrected chi connectivity index (χ1v) is 46.1. The molecular formula is C113H100GeN4.